The van der Waals surface area contributed by atoms with Crippen molar-refractivity contribution in [3.05, 3.63) is 98.5 Å². The number of hydrogen-bond donors (Lipinski definition) is 1. The van der Waals surface area contributed by atoms with E-state index in [1.807, 2.05) is 62.4 Å². The van der Waals surface area contributed by atoms with E-state index in [9.17, 15) is 14.4 Å². The fourth-order valence-corrected chi connectivity index (χ4v) is 3.70. The molecule has 0 spiro atoms. The molecule has 4 rings (SSSR count). The molecule has 2 aromatic heterocycles. The SMILES string of the molecule is CCc1cccc(C)c1NC(=O)Cn1c(=O)n(Cc2ccccc2)c(=O)c2nccnc21. The highest BCUT2D eigenvalue weighted by molar-refractivity contribution is 5.92. The Labute approximate surface area is 184 Å². The van der Waals surface area contributed by atoms with E-state index in [1.54, 1.807) is 0 Å². The average molecular weight is 429 g/mol. The van der Waals surface area contributed by atoms with Gasteiger partial charge in [0, 0.05) is 18.1 Å². The molecule has 0 aliphatic carbocycles. The van der Waals surface area contributed by atoms with E-state index in [1.165, 1.54) is 17.0 Å². The molecule has 2 aromatic carbocycles. The second-order valence-corrected chi connectivity index (χ2v) is 7.48. The first kappa shape index (κ1) is 21.2. The zero-order valence-electron chi connectivity index (χ0n) is 17.9. The maximum atomic E-state index is 13.3. The summed E-state index contributed by atoms with van der Waals surface area (Å²) in [5.74, 6) is -0.382. The van der Waals surface area contributed by atoms with Gasteiger partial charge >= 0.3 is 5.69 Å². The highest BCUT2D eigenvalue weighted by atomic mass is 16.2. The third-order valence-electron chi connectivity index (χ3n) is 5.33. The summed E-state index contributed by atoms with van der Waals surface area (Å²) in [5, 5.41) is 2.92. The molecule has 32 heavy (non-hydrogen) atoms. The van der Waals surface area contributed by atoms with Gasteiger partial charge in [-0.2, -0.15) is 0 Å². The molecule has 0 atom stereocenters. The van der Waals surface area contributed by atoms with E-state index in [0.29, 0.717) is 0 Å². The molecule has 8 heteroatoms. The monoisotopic (exact) mass is 429 g/mol. The number of amides is 1. The van der Waals surface area contributed by atoms with Crippen LogP contribution in [0.1, 0.15) is 23.6 Å². The summed E-state index contributed by atoms with van der Waals surface area (Å²) >= 11 is 0. The summed E-state index contributed by atoms with van der Waals surface area (Å²) in [4.78, 5) is 47.5. The lowest BCUT2D eigenvalue weighted by atomic mass is 10.1. The summed E-state index contributed by atoms with van der Waals surface area (Å²) in [7, 11) is 0. The van der Waals surface area contributed by atoms with Gasteiger partial charge in [-0.15, -0.1) is 0 Å². The van der Waals surface area contributed by atoms with E-state index in [2.05, 4.69) is 15.3 Å². The van der Waals surface area contributed by atoms with Crippen LogP contribution in [0.4, 0.5) is 5.69 Å². The molecule has 0 radical (unpaired) electrons. The van der Waals surface area contributed by atoms with Crippen LogP contribution in [0.15, 0.2) is 70.5 Å². The van der Waals surface area contributed by atoms with Gasteiger partial charge in [0.05, 0.1) is 6.54 Å². The minimum atomic E-state index is -0.609. The Morgan fingerprint density at radius 2 is 1.72 bits per heavy atom. The van der Waals surface area contributed by atoms with Crippen LogP contribution in [0.2, 0.25) is 0 Å². The van der Waals surface area contributed by atoms with Crippen LogP contribution in [0, 0.1) is 6.92 Å². The van der Waals surface area contributed by atoms with Crippen molar-refractivity contribution in [2.24, 2.45) is 0 Å². The third-order valence-corrected chi connectivity index (χ3v) is 5.33. The fraction of sp³-hybridized carbons (Fsp3) is 0.208. The summed E-state index contributed by atoms with van der Waals surface area (Å²) < 4.78 is 2.29. The molecule has 1 amide bonds. The summed E-state index contributed by atoms with van der Waals surface area (Å²) in [6, 6.07) is 15.0. The number of nitrogens with one attached hydrogen (secondary N) is 1. The minimum Gasteiger partial charge on any atom is -0.324 e. The zero-order chi connectivity index (χ0) is 22.7. The van der Waals surface area contributed by atoms with Crippen LogP contribution in [0.3, 0.4) is 0 Å². The van der Waals surface area contributed by atoms with Gasteiger partial charge in [0.25, 0.3) is 5.56 Å². The van der Waals surface area contributed by atoms with Gasteiger partial charge < -0.3 is 5.32 Å². The van der Waals surface area contributed by atoms with E-state index in [4.69, 9.17) is 0 Å². The number of nitrogens with zero attached hydrogens (tertiary/aromatic N) is 4. The number of carbonyl (C=O) groups excluding carboxylic acids is 1. The highest BCUT2D eigenvalue weighted by Gasteiger charge is 2.18. The lowest BCUT2D eigenvalue weighted by Gasteiger charge is -2.15. The maximum absolute atomic E-state index is 13.3. The van der Waals surface area contributed by atoms with Crippen molar-refractivity contribution in [1.29, 1.82) is 0 Å². The lowest BCUT2D eigenvalue weighted by Crippen LogP contribution is -2.42. The molecule has 0 fully saturated rings. The molecule has 8 nitrogen and oxygen atoms in total. The van der Waals surface area contributed by atoms with Gasteiger partial charge in [0.2, 0.25) is 5.91 Å². The largest absolute Gasteiger partial charge is 0.333 e. The third kappa shape index (κ3) is 4.07. The number of para-hydroxylation sites is 1. The van der Waals surface area contributed by atoms with Crippen LogP contribution < -0.4 is 16.6 Å². The Kier molecular flexibility index (Phi) is 5.93. The topological polar surface area (TPSA) is 98.9 Å². The maximum Gasteiger partial charge on any atom is 0.333 e. The molecule has 0 saturated carbocycles. The lowest BCUT2D eigenvalue weighted by molar-refractivity contribution is -0.116. The van der Waals surface area contributed by atoms with Crippen molar-refractivity contribution in [2.45, 2.75) is 33.4 Å². The number of anilines is 1. The summed E-state index contributed by atoms with van der Waals surface area (Å²) in [6.07, 6.45) is 3.55. The molecule has 0 aliphatic rings. The standard InChI is InChI=1S/C24H23N5O3/c1-3-18-11-7-8-16(2)20(18)27-19(30)15-28-22-21(25-12-13-26-22)23(31)29(24(28)32)14-17-9-5-4-6-10-17/h4-13H,3,14-15H2,1-2H3,(H,27,30). The van der Waals surface area contributed by atoms with Gasteiger partial charge in [0.1, 0.15) is 6.54 Å². The van der Waals surface area contributed by atoms with Crippen LogP contribution in [-0.2, 0) is 24.3 Å². The molecule has 4 aromatic rings. The predicted octanol–water partition coefficient (Wildman–Crippen LogP) is 2.51. The van der Waals surface area contributed by atoms with Crippen LogP contribution in [0.5, 0.6) is 0 Å². The second kappa shape index (κ2) is 8.97. The second-order valence-electron chi connectivity index (χ2n) is 7.48. The molecule has 0 unspecified atom stereocenters. The van der Waals surface area contributed by atoms with Gasteiger partial charge in [-0.3, -0.25) is 18.7 Å². The average Bonchev–Trinajstić information content (AvgIpc) is 2.81. The van der Waals surface area contributed by atoms with Crippen LogP contribution in [-0.4, -0.2) is 25.0 Å². The molecule has 0 aliphatic heterocycles. The number of benzene rings is 2. The van der Waals surface area contributed by atoms with Gasteiger partial charge in [-0.1, -0.05) is 55.5 Å². The van der Waals surface area contributed by atoms with Crippen LogP contribution >= 0.6 is 0 Å². The first-order valence-corrected chi connectivity index (χ1v) is 10.4. The van der Waals surface area contributed by atoms with Crippen molar-refractivity contribution in [2.75, 3.05) is 5.32 Å². The van der Waals surface area contributed by atoms with Crippen molar-refractivity contribution in [3.8, 4) is 0 Å². The molecule has 1 N–H and O–H groups in total. The molecule has 0 saturated heterocycles. The van der Waals surface area contributed by atoms with Crippen molar-refractivity contribution in [1.82, 2.24) is 19.1 Å². The highest BCUT2D eigenvalue weighted by Crippen LogP contribution is 2.21. The number of fused-ring (bicyclic) bond motifs is 1. The minimum absolute atomic E-state index is 0.0426. The Balaban J connectivity index is 1.76. The van der Waals surface area contributed by atoms with Gasteiger partial charge in [-0.25, -0.2) is 14.8 Å². The van der Waals surface area contributed by atoms with E-state index in [0.717, 1.165) is 33.4 Å². The molecular formula is C24H23N5O3. The van der Waals surface area contributed by atoms with Gasteiger partial charge in [-0.05, 0) is 30.0 Å². The Hall–Kier alpha value is -4.07. The zero-order valence-corrected chi connectivity index (χ0v) is 17.9. The number of carbonyl (C=O) groups is 1. The first-order valence-electron chi connectivity index (χ1n) is 10.4. The number of rotatable bonds is 6. The quantitative estimate of drug-likeness (QED) is 0.508. The summed E-state index contributed by atoms with van der Waals surface area (Å²) in [6.45, 7) is 3.71. The number of aryl methyl sites for hydroxylation is 2. The molecular weight excluding hydrogens is 406 g/mol. The van der Waals surface area contributed by atoms with E-state index in [-0.39, 0.29) is 30.2 Å². The molecule has 2 heterocycles. The predicted molar refractivity (Wildman–Crippen MR) is 123 cm³/mol. The Bertz CT molecular complexity index is 1410. The van der Waals surface area contributed by atoms with Gasteiger partial charge in [0.15, 0.2) is 11.2 Å². The molecule has 0 bridgehead atoms. The van der Waals surface area contributed by atoms with Crippen molar-refractivity contribution < 1.29 is 4.79 Å². The van der Waals surface area contributed by atoms with E-state index >= 15 is 0 Å². The number of aromatic nitrogens is 4. The smallest absolute Gasteiger partial charge is 0.324 e. The number of hydrogen-bond acceptors (Lipinski definition) is 5. The van der Waals surface area contributed by atoms with Crippen LogP contribution in [0.25, 0.3) is 11.2 Å². The summed E-state index contributed by atoms with van der Waals surface area (Å²) in [5.41, 5.74) is 2.45. The van der Waals surface area contributed by atoms with Crippen molar-refractivity contribution >= 4 is 22.8 Å². The molecule has 162 valence electrons. The fourth-order valence-electron chi connectivity index (χ4n) is 3.70. The Morgan fingerprint density at radius 3 is 2.47 bits per heavy atom. The Morgan fingerprint density at radius 1 is 0.969 bits per heavy atom. The van der Waals surface area contributed by atoms with E-state index < -0.39 is 11.2 Å². The normalized spacial score (nSPS) is 10.9. The first-order chi connectivity index (χ1) is 15.5. The van der Waals surface area contributed by atoms with Crippen molar-refractivity contribution in [3.63, 3.8) is 0 Å².